The summed E-state index contributed by atoms with van der Waals surface area (Å²) in [5.41, 5.74) is 2.25. The van der Waals surface area contributed by atoms with E-state index < -0.39 is 0 Å². The van der Waals surface area contributed by atoms with Gasteiger partial charge in [0.25, 0.3) is 0 Å². The molecule has 0 saturated carbocycles. The van der Waals surface area contributed by atoms with Crippen LogP contribution in [0.1, 0.15) is 11.3 Å². The van der Waals surface area contributed by atoms with Crippen molar-refractivity contribution in [2.24, 2.45) is 7.05 Å². The van der Waals surface area contributed by atoms with Crippen LogP contribution in [-0.2, 0) is 13.7 Å². The summed E-state index contributed by atoms with van der Waals surface area (Å²) in [6, 6.07) is 7.35. The third-order valence-corrected chi connectivity index (χ3v) is 2.63. The van der Waals surface area contributed by atoms with Crippen LogP contribution in [0.2, 0.25) is 0 Å². The molecule has 0 fully saturated rings. The molecule has 2 rings (SSSR count). The molecule has 0 spiro atoms. The van der Waals surface area contributed by atoms with E-state index in [0.29, 0.717) is 0 Å². The standard InChI is InChI=1S/C12H14N2O2/c1-9-7-13(2)12(16)14(9)11-6-4-3-5-10(11)8-15/h3-7,15H,8H2,1-2H3. The van der Waals surface area contributed by atoms with Gasteiger partial charge in [-0.2, -0.15) is 0 Å². The lowest BCUT2D eigenvalue weighted by Crippen LogP contribution is -2.22. The van der Waals surface area contributed by atoms with Crippen LogP contribution in [0.15, 0.2) is 35.3 Å². The first-order valence-corrected chi connectivity index (χ1v) is 5.09. The van der Waals surface area contributed by atoms with Crippen molar-refractivity contribution in [3.05, 3.63) is 52.2 Å². The Morgan fingerprint density at radius 3 is 2.56 bits per heavy atom. The van der Waals surface area contributed by atoms with E-state index in [-0.39, 0.29) is 12.3 Å². The molecule has 1 N–H and O–H groups in total. The van der Waals surface area contributed by atoms with Crippen molar-refractivity contribution in [2.45, 2.75) is 13.5 Å². The highest BCUT2D eigenvalue weighted by atomic mass is 16.3. The highest BCUT2D eigenvalue weighted by Crippen LogP contribution is 2.14. The Morgan fingerprint density at radius 2 is 2.00 bits per heavy atom. The van der Waals surface area contributed by atoms with Gasteiger partial charge in [0.2, 0.25) is 0 Å². The Bertz CT molecular complexity index is 567. The summed E-state index contributed by atoms with van der Waals surface area (Å²) in [7, 11) is 1.72. The molecule has 0 aliphatic heterocycles. The Balaban J connectivity index is 2.72. The third kappa shape index (κ3) is 1.57. The van der Waals surface area contributed by atoms with Gasteiger partial charge >= 0.3 is 5.69 Å². The fourth-order valence-electron chi connectivity index (χ4n) is 1.86. The number of nitrogens with zero attached hydrogens (tertiary/aromatic N) is 2. The van der Waals surface area contributed by atoms with Crippen LogP contribution in [-0.4, -0.2) is 14.2 Å². The van der Waals surface area contributed by atoms with E-state index >= 15 is 0 Å². The summed E-state index contributed by atoms with van der Waals surface area (Å²) in [5, 5.41) is 9.25. The number of benzene rings is 1. The number of para-hydroxylation sites is 1. The molecule has 0 unspecified atom stereocenters. The lowest BCUT2D eigenvalue weighted by atomic mass is 10.2. The molecule has 0 aliphatic rings. The van der Waals surface area contributed by atoms with Gasteiger partial charge in [-0.05, 0) is 13.0 Å². The lowest BCUT2D eigenvalue weighted by molar-refractivity contribution is 0.281. The van der Waals surface area contributed by atoms with E-state index in [9.17, 15) is 9.90 Å². The highest BCUT2D eigenvalue weighted by Gasteiger charge is 2.10. The number of imidazole rings is 1. The van der Waals surface area contributed by atoms with Crippen molar-refractivity contribution in [1.29, 1.82) is 0 Å². The number of aliphatic hydroxyl groups is 1. The van der Waals surface area contributed by atoms with E-state index in [0.717, 1.165) is 16.9 Å². The topological polar surface area (TPSA) is 47.2 Å². The highest BCUT2D eigenvalue weighted by molar-refractivity contribution is 5.41. The first kappa shape index (κ1) is 10.7. The number of hydrogen-bond acceptors (Lipinski definition) is 2. The molecule has 4 nitrogen and oxygen atoms in total. The van der Waals surface area contributed by atoms with Crippen LogP contribution in [0.4, 0.5) is 0 Å². The molecule has 1 aromatic heterocycles. The molecule has 0 radical (unpaired) electrons. The normalized spacial score (nSPS) is 10.7. The first-order valence-electron chi connectivity index (χ1n) is 5.09. The van der Waals surface area contributed by atoms with Crippen LogP contribution in [0.3, 0.4) is 0 Å². The Hall–Kier alpha value is -1.81. The largest absolute Gasteiger partial charge is 0.392 e. The van der Waals surface area contributed by atoms with Crippen molar-refractivity contribution in [3.8, 4) is 5.69 Å². The van der Waals surface area contributed by atoms with Crippen LogP contribution < -0.4 is 5.69 Å². The van der Waals surface area contributed by atoms with Crippen molar-refractivity contribution in [3.63, 3.8) is 0 Å². The predicted octanol–water partition coefficient (Wildman–Crippen LogP) is 0.977. The molecule has 0 aliphatic carbocycles. The van der Waals surface area contributed by atoms with E-state index in [1.807, 2.05) is 31.2 Å². The molecular weight excluding hydrogens is 204 g/mol. The molecule has 0 atom stereocenters. The summed E-state index contributed by atoms with van der Waals surface area (Å²) in [5.74, 6) is 0. The van der Waals surface area contributed by atoms with E-state index in [4.69, 9.17) is 0 Å². The first-order chi connectivity index (χ1) is 7.65. The van der Waals surface area contributed by atoms with Crippen LogP contribution in [0.5, 0.6) is 0 Å². The molecular formula is C12H14N2O2. The maximum Gasteiger partial charge on any atom is 0.332 e. The zero-order chi connectivity index (χ0) is 11.7. The molecule has 1 heterocycles. The number of aliphatic hydroxyl groups excluding tert-OH is 1. The number of rotatable bonds is 2. The summed E-state index contributed by atoms with van der Waals surface area (Å²) in [6.07, 6.45) is 1.77. The quantitative estimate of drug-likeness (QED) is 0.816. The fraction of sp³-hybridized carbons (Fsp3) is 0.250. The second-order valence-electron chi connectivity index (χ2n) is 3.79. The minimum Gasteiger partial charge on any atom is -0.392 e. The number of aryl methyl sites for hydroxylation is 2. The van der Waals surface area contributed by atoms with E-state index in [2.05, 4.69) is 0 Å². The zero-order valence-electron chi connectivity index (χ0n) is 9.34. The SMILES string of the molecule is Cc1cn(C)c(=O)n1-c1ccccc1CO. The average molecular weight is 218 g/mol. The van der Waals surface area contributed by atoms with Gasteiger partial charge < -0.3 is 9.67 Å². The van der Waals surface area contributed by atoms with Crippen molar-refractivity contribution < 1.29 is 5.11 Å². The van der Waals surface area contributed by atoms with Crippen molar-refractivity contribution in [1.82, 2.24) is 9.13 Å². The molecule has 4 heteroatoms. The molecule has 2 aromatic rings. The van der Waals surface area contributed by atoms with Crippen LogP contribution in [0.25, 0.3) is 5.69 Å². The van der Waals surface area contributed by atoms with Gasteiger partial charge in [0, 0.05) is 24.5 Å². The van der Waals surface area contributed by atoms with Crippen molar-refractivity contribution >= 4 is 0 Å². The van der Waals surface area contributed by atoms with Crippen LogP contribution >= 0.6 is 0 Å². The molecule has 0 saturated heterocycles. The molecule has 84 valence electrons. The molecule has 1 aromatic carbocycles. The Morgan fingerprint density at radius 1 is 1.31 bits per heavy atom. The van der Waals surface area contributed by atoms with Gasteiger partial charge in [-0.25, -0.2) is 4.79 Å². The molecule has 0 amide bonds. The second kappa shape index (κ2) is 3.98. The average Bonchev–Trinajstić information content (AvgIpc) is 2.53. The van der Waals surface area contributed by atoms with Gasteiger partial charge in [-0.3, -0.25) is 4.57 Å². The summed E-state index contributed by atoms with van der Waals surface area (Å²) < 4.78 is 3.13. The summed E-state index contributed by atoms with van der Waals surface area (Å²) in [6.45, 7) is 1.80. The monoisotopic (exact) mass is 218 g/mol. The zero-order valence-corrected chi connectivity index (χ0v) is 9.34. The van der Waals surface area contributed by atoms with Gasteiger partial charge in [-0.1, -0.05) is 18.2 Å². The van der Waals surface area contributed by atoms with Gasteiger partial charge in [-0.15, -0.1) is 0 Å². The maximum atomic E-state index is 11.9. The second-order valence-corrected chi connectivity index (χ2v) is 3.79. The lowest BCUT2D eigenvalue weighted by Gasteiger charge is -2.08. The fourth-order valence-corrected chi connectivity index (χ4v) is 1.86. The molecule has 16 heavy (non-hydrogen) atoms. The maximum absolute atomic E-state index is 11.9. The Kier molecular flexibility index (Phi) is 2.66. The number of aromatic nitrogens is 2. The predicted molar refractivity (Wildman–Crippen MR) is 61.7 cm³/mol. The van der Waals surface area contributed by atoms with Gasteiger partial charge in [0.05, 0.1) is 12.3 Å². The van der Waals surface area contributed by atoms with Crippen molar-refractivity contribution in [2.75, 3.05) is 0 Å². The summed E-state index contributed by atoms with van der Waals surface area (Å²) in [4.78, 5) is 11.9. The van der Waals surface area contributed by atoms with Crippen LogP contribution in [0, 0.1) is 6.92 Å². The van der Waals surface area contributed by atoms with E-state index in [1.165, 1.54) is 4.57 Å². The minimum atomic E-state index is -0.0987. The smallest absolute Gasteiger partial charge is 0.332 e. The summed E-state index contributed by atoms with van der Waals surface area (Å²) >= 11 is 0. The van der Waals surface area contributed by atoms with Gasteiger partial charge in [0.1, 0.15) is 0 Å². The minimum absolute atomic E-state index is 0.0725. The third-order valence-electron chi connectivity index (χ3n) is 2.63. The number of hydrogen-bond donors (Lipinski definition) is 1. The van der Waals surface area contributed by atoms with Gasteiger partial charge in [0.15, 0.2) is 0 Å². The Labute approximate surface area is 93.4 Å². The van der Waals surface area contributed by atoms with E-state index in [1.54, 1.807) is 17.8 Å². The molecule has 0 bridgehead atoms.